The molecule has 4 rings (SSSR count). The van der Waals surface area contributed by atoms with Crippen molar-refractivity contribution in [2.75, 3.05) is 20.3 Å². The van der Waals surface area contributed by atoms with Gasteiger partial charge >= 0.3 is 0 Å². The minimum atomic E-state index is -3.64. The SMILES string of the molecule is COc1cccc(-c2nnc3ccc(OCCNS(=O)(=O)c4ccc(C(C)(C)C)cc4)nn23)c1. The van der Waals surface area contributed by atoms with Gasteiger partial charge in [-0.05, 0) is 41.3 Å². The van der Waals surface area contributed by atoms with Gasteiger partial charge in [0.05, 0.1) is 12.0 Å². The molecule has 2 aromatic heterocycles. The Labute approximate surface area is 198 Å². The van der Waals surface area contributed by atoms with Crippen molar-refractivity contribution in [1.29, 1.82) is 0 Å². The topological polar surface area (TPSA) is 108 Å². The zero-order valence-electron chi connectivity index (χ0n) is 19.5. The molecule has 178 valence electrons. The third-order valence-electron chi connectivity index (χ3n) is 5.24. The molecule has 2 aromatic carbocycles. The molecule has 10 heteroatoms. The Morgan fingerprint density at radius 3 is 2.47 bits per heavy atom. The summed E-state index contributed by atoms with van der Waals surface area (Å²) in [5.41, 5.74) is 2.37. The van der Waals surface area contributed by atoms with Crippen molar-refractivity contribution in [2.45, 2.75) is 31.1 Å². The number of methoxy groups -OCH3 is 1. The Hall–Kier alpha value is -3.50. The fraction of sp³-hybridized carbons (Fsp3) is 0.292. The monoisotopic (exact) mass is 481 g/mol. The van der Waals surface area contributed by atoms with Crippen LogP contribution in [0.5, 0.6) is 11.6 Å². The van der Waals surface area contributed by atoms with Gasteiger partial charge in [0.25, 0.3) is 0 Å². The van der Waals surface area contributed by atoms with Crippen LogP contribution in [0, 0.1) is 0 Å². The third-order valence-corrected chi connectivity index (χ3v) is 6.72. The second kappa shape index (κ2) is 9.40. The standard InChI is InChI=1S/C24H27N5O4S/c1-24(2,3)18-8-10-20(11-9-18)34(30,31)25-14-15-33-22-13-12-21-26-27-23(29(21)28-22)17-6-5-7-19(16-17)32-4/h5-13,16,25H,14-15H2,1-4H3. The number of fused-ring (bicyclic) bond motifs is 1. The molecule has 0 radical (unpaired) electrons. The van der Waals surface area contributed by atoms with Gasteiger partial charge in [-0.1, -0.05) is 45.0 Å². The van der Waals surface area contributed by atoms with Gasteiger partial charge in [-0.3, -0.25) is 0 Å². The zero-order valence-corrected chi connectivity index (χ0v) is 20.3. The molecular weight excluding hydrogens is 454 g/mol. The maximum atomic E-state index is 12.6. The summed E-state index contributed by atoms with van der Waals surface area (Å²) in [5.74, 6) is 1.56. The van der Waals surface area contributed by atoms with Crippen molar-refractivity contribution in [3.63, 3.8) is 0 Å². The van der Waals surface area contributed by atoms with Crippen LogP contribution >= 0.6 is 0 Å². The number of sulfonamides is 1. The van der Waals surface area contributed by atoms with Gasteiger partial charge < -0.3 is 9.47 Å². The predicted octanol–water partition coefficient (Wildman–Crippen LogP) is 3.45. The van der Waals surface area contributed by atoms with Crippen LogP contribution in [0.25, 0.3) is 17.0 Å². The van der Waals surface area contributed by atoms with Crippen LogP contribution in [-0.4, -0.2) is 48.5 Å². The largest absolute Gasteiger partial charge is 0.497 e. The summed E-state index contributed by atoms with van der Waals surface area (Å²) < 4.78 is 40.3. The first-order valence-electron chi connectivity index (χ1n) is 10.8. The predicted molar refractivity (Wildman–Crippen MR) is 129 cm³/mol. The van der Waals surface area contributed by atoms with Crippen molar-refractivity contribution >= 4 is 15.7 Å². The lowest BCUT2D eigenvalue weighted by Crippen LogP contribution is -2.28. The van der Waals surface area contributed by atoms with E-state index in [4.69, 9.17) is 9.47 Å². The van der Waals surface area contributed by atoms with Crippen molar-refractivity contribution in [3.8, 4) is 23.0 Å². The summed E-state index contributed by atoms with van der Waals surface area (Å²) in [6, 6.07) is 17.7. The van der Waals surface area contributed by atoms with Crippen molar-refractivity contribution < 1.29 is 17.9 Å². The number of benzene rings is 2. The number of aromatic nitrogens is 4. The first-order chi connectivity index (χ1) is 16.2. The zero-order chi connectivity index (χ0) is 24.3. The first-order valence-corrected chi connectivity index (χ1v) is 12.3. The Bertz CT molecular complexity index is 1390. The van der Waals surface area contributed by atoms with Gasteiger partial charge in [0.15, 0.2) is 11.5 Å². The van der Waals surface area contributed by atoms with Crippen molar-refractivity contribution in [2.24, 2.45) is 0 Å². The van der Waals surface area contributed by atoms with Crippen molar-refractivity contribution in [3.05, 3.63) is 66.2 Å². The van der Waals surface area contributed by atoms with Gasteiger partial charge in [0.2, 0.25) is 15.9 Å². The maximum Gasteiger partial charge on any atom is 0.240 e. The van der Waals surface area contributed by atoms with Crippen LogP contribution in [0.15, 0.2) is 65.6 Å². The summed E-state index contributed by atoms with van der Waals surface area (Å²) in [7, 11) is -2.04. The lowest BCUT2D eigenvalue weighted by Gasteiger charge is -2.19. The lowest BCUT2D eigenvalue weighted by molar-refractivity contribution is 0.306. The second-order valence-electron chi connectivity index (χ2n) is 8.72. The van der Waals surface area contributed by atoms with Crippen LogP contribution in [0.1, 0.15) is 26.3 Å². The van der Waals surface area contributed by atoms with E-state index < -0.39 is 10.0 Å². The van der Waals surface area contributed by atoms with Gasteiger partial charge in [-0.2, -0.15) is 4.52 Å². The first kappa shape index (κ1) is 23.7. The van der Waals surface area contributed by atoms with Gasteiger partial charge in [0, 0.05) is 18.2 Å². The van der Waals surface area contributed by atoms with Crippen LogP contribution in [0.3, 0.4) is 0 Å². The number of nitrogens with zero attached hydrogens (tertiary/aromatic N) is 4. The minimum absolute atomic E-state index is 0.0468. The van der Waals surface area contributed by atoms with E-state index in [-0.39, 0.29) is 23.5 Å². The molecule has 0 aliphatic heterocycles. The maximum absolute atomic E-state index is 12.6. The third kappa shape index (κ3) is 5.18. The minimum Gasteiger partial charge on any atom is -0.497 e. The molecule has 0 amide bonds. The van der Waals surface area contributed by atoms with Gasteiger partial charge in [0.1, 0.15) is 12.4 Å². The molecule has 2 heterocycles. The second-order valence-corrected chi connectivity index (χ2v) is 10.5. The summed E-state index contributed by atoms with van der Waals surface area (Å²) in [5, 5.41) is 12.8. The highest BCUT2D eigenvalue weighted by atomic mass is 32.2. The average Bonchev–Trinajstić information content (AvgIpc) is 3.25. The average molecular weight is 482 g/mol. The van der Waals surface area contributed by atoms with Crippen LogP contribution in [0.4, 0.5) is 0 Å². The molecule has 9 nitrogen and oxygen atoms in total. The van der Waals surface area contributed by atoms with Crippen LogP contribution in [-0.2, 0) is 15.4 Å². The van der Waals surface area contributed by atoms with Crippen LogP contribution in [0.2, 0.25) is 0 Å². The number of ether oxygens (including phenoxy) is 2. The van der Waals surface area contributed by atoms with E-state index in [1.54, 1.807) is 35.9 Å². The highest BCUT2D eigenvalue weighted by molar-refractivity contribution is 7.89. The molecular formula is C24H27N5O4S. The van der Waals surface area contributed by atoms with Crippen LogP contribution < -0.4 is 14.2 Å². The molecule has 4 aromatic rings. The Morgan fingerprint density at radius 2 is 1.76 bits per heavy atom. The molecule has 0 unspecified atom stereocenters. The van der Waals surface area contributed by atoms with E-state index in [2.05, 4.69) is 40.8 Å². The van der Waals surface area contributed by atoms with E-state index >= 15 is 0 Å². The number of rotatable bonds is 8. The number of hydrogen-bond acceptors (Lipinski definition) is 7. The van der Waals surface area contributed by atoms with Gasteiger partial charge in [-0.15, -0.1) is 15.3 Å². The highest BCUT2D eigenvalue weighted by Crippen LogP contribution is 2.24. The normalized spacial score (nSPS) is 12.1. The quantitative estimate of drug-likeness (QED) is 0.384. The molecule has 1 N–H and O–H groups in total. The van der Waals surface area contributed by atoms with E-state index in [0.717, 1.165) is 11.1 Å². The lowest BCUT2D eigenvalue weighted by atomic mass is 9.87. The highest BCUT2D eigenvalue weighted by Gasteiger charge is 2.17. The Kier molecular flexibility index (Phi) is 6.54. The Balaban J connectivity index is 1.41. The van der Waals surface area contributed by atoms with Gasteiger partial charge in [-0.25, -0.2) is 13.1 Å². The number of hydrogen-bond donors (Lipinski definition) is 1. The molecule has 0 saturated heterocycles. The fourth-order valence-electron chi connectivity index (χ4n) is 3.34. The number of nitrogens with one attached hydrogen (secondary N) is 1. The molecule has 0 spiro atoms. The fourth-order valence-corrected chi connectivity index (χ4v) is 4.35. The van der Waals surface area contributed by atoms with E-state index in [1.807, 2.05) is 36.4 Å². The molecule has 0 aliphatic rings. The summed E-state index contributed by atoms with van der Waals surface area (Å²) in [6.45, 7) is 6.44. The van der Waals surface area contributed by atoms with E-state index in [0.29, 0.717) is 23.1 Å². The molecule has 34 heavy (non-hydrogen) atoms. The Morgan fingerprint density at radius 1 is 1.00 bits per heavy atom. The molecule has 0 fully saturated rings. The van der Waals surface area contributed by atoms with Crippen molar-refractivity contribution in [1.82, 2.24) is 24.5 Å². The summed E-state index contributed by atoms with van der Waals surface area (Å²) in [6.07, 6.45) is 0. The molecule has 0 atom stereocenters. The van der Waals surface area contributed by atoms with E-state index in [9.17, 15) is 8.42 Å². The summed E-state index contributed by atoms with van der Waals surface area (Å²) >= 11 is 0. The van der Waals surface area contributed by atoms with E-state index in [1.165, 1.54) is 0 Å². The summed E-state index contributed by atoms with van der Waals surface area (Å²) in [4.78, 5) is 0.215. The molecule has 0 bridgehead atoms. The molecule has 0 saturated carbocycles. The smallest absolute Gasteiger partial charge is 0.240 e. The molecule has 0 aliphatic carbocycles.